The summed E-state index contributed by atoms with van der Waals surface area (Å²) in [4.78, 5) is 13.1. The summed E-state index contributed by atoms with van der Waals surface area (Å²) in [6.07, 6.45) is -4.10. The Morgan fingerprint density at radius 2 is 2.16 bits per heavy atom. The molecular formula is C12H12F3NO3. The van der Waals surface area contributed by atoms with Gasteiger partial charge in [-0.05, 0) is 18.6 Å². The Morgan fingerprint density at radius 3 is 2.68 bits per heavy atom. The van der Waals surface area contributed by atoms with Crippen molar-refractivity contribution in [1.29, 1.82) is 0 Å². The number of halogens is 3. The van der Waals surface area contributed by atoms with Gasteiger partial charge in [0.15, 0.2) is 0 Å². The number of anilines is 1. The van der Waals surface area contributed by atoms with Crippen LogP contribution < -0.4 is 9.64 Å². The van der Waals surface area contributed by atoms with Crippen LogP contribution in [0.15, 0.2) is 24.3 Å². The van der Waals surface area contributed by atoms with Gasteiger partial charge in [-0.3, -0.25) is 0 Å². The largest absolute Gasteiger partial charge is 0.573 e. The van der Waals surface area contributed by atoms with Crippen molar-refractivity contribution in [3.05, 3.63) is 24.3 Å². The van der Waals surface area contributed by atoms with E-state index >= 15 is 0 Å². The quantitative estimate of drug-likeness (QED) is 0.794. The normalized spacial score (nSPS) is 18.7. The Bertz CT molecular complexity index is 476. The molecule has 1 unspecified atom stereocenters. The number of ether oxygens (including phenoxy) is 2. The fourth-order valence-electron chi connectivity index (χ4n) is 1.94. The molecule has 0 bridgehead atoms. The zero-order valence-electron chi connectivity index (χ0n) is 10.1. The van der Waals surface area contributed by atoms with Crippen LogP contribution in [0.25, 0.3) is 0 Å². The molecule has 1 atom stereocenters. The zero-order chi connectivity index (χ0) is 14.0. The maximum Gasteiger partial charge on any atom is 0.573 e. The minimum atomic E-state index is -4.73. The first-order chi connectivity index (χ1) is 8.90. The van der Waals surface area contributed by atoms with Crippen molar-refractivity contribution >= 4 is 11.7 Å². The fourth-order valence-corrected chi connectivity index (χ4v) is 1.94. The first-order valence-corrected chi connectivity index (χ1v) is 5.61. The molecule has 0 radical (unpaired) electrons. The van der Waals surface area contributed by atoms with Crippen molar-refractivity contribution in [2.75, 3.05) is 18.6 Å². The third kappa shape index (κ3) is 3.10. The Kier molecular flexibility index (Phi) is 3.55. The van der Waals surface area contributed by atoms with E-state index in [9.17, 15) is 18.0 Å². The first kappa shape index (κ1) is 13.5. The minimum Gasteiger partial charge on any atom is -0.467 e. The number of nitrogens with zero attached hydrogens (tertiary/aromatic N) is 1. The molecule has 1 aromatic rings. The number of hydrogen-bond donors (Lipinski definition) is 0. The lowest BCUT2D eigenvalue weighted by atomic mass is 10.0. The van der Waals surface area contributed by atoms with Crippen molar-refractivity contribution in [3.8, 4) is 5.75 Å². The lowest BCUT2D eigenvalue weighted by Crippen LogP contribution is -2.53. The molecule has 1 aliphatic rings. The molecule has 0 spiro atoms. The third-order valence-corrected chi connectivity index (χ3v) is 2.88. The summed E-state index contributed by atoms with van der Waals surface area (Å²) in [7, 11) is 1.28. The van der Waals surface area contributed by atoms with Crippen molar-refractivity contribution < 1.29 is 27.4 Å². The first-order valence-electron chi connectivity index (χ1n) is 5.61. The van der Waals surface area contributed by atoms with Crippen LogP contribution in [0.2, 0.25) is 0 Å². The monoisotopic (exact) mass is 275 g/mol. The van der Waals surface area contributed by atoms with Crippen LogP contribution in [-0.4, -0.2) is 32.0 Å². The highest BCUT2D eigenvalue weighted by atomic mass is 19.4. The van der Waals surface area contributed by atoms with Gasteiger partial charge in [0.1, 0.15) is 11.8 Å². The Labute approximate surface area is 107 Å². The maximum atomic E-state index is 12.1. The number of carbonyl (C=O) groups excluding carboxylic acids is 1. The van der Waals surface area contributed by atoms with Gasteiger partial charge in [0, 0.05) is 18.3 Å². The predicted molar refractivity (Wildman–Crippen MR) is 60.9 cm³/mol. The maximum absolute atomic E-state index is 12.1. The van der Waals surface area contributed by atoms with Gasteiger partial charge in [-0.1, -0.05) is 6.07 Å². The molecule has 19 heavy (non-hydrogen) atoms. The van der Waals surface area contributed by atoms with Crippen LogP contribution in [0, 0.1) is 0 Å². The van der Waals surface area contributed by atoms with Gasteiger partial charge in [0.05, 0.1) is 7.11 Å². The number of methoxy groups -OCH3 is 1. The van der Waals surface area contributed by atoms with E-state index in [4.69, 9.17) is 0 Å². The molecule has 4 nitrogen and oxygen atoms in total. The van der Waals surface area contributed by atoms with Crippen molar-refractivity contribution in [1.82, 2.24) is 0 Å². The smallest absolute Gasteiger partial charge is 0.467 e. The van der Waals surface area contributed by atoms with Gasteiger partial charge in [-0.15, -0.1) is 13.2 Å². The topological polar surface area (TPSA) is 38.8 Å². The molecule has 0 saturated carbocycles. The lowest BCUT2D eigenvalue weighted by molar-refractivity contribution is -0.274. The van der Waals surface area contributed by atoms with Gasteiger partial charge in [-0.25, -0.2) is 4.79 Å². The standard InChI is InChI=1S/C12H12F3NO3/c1-18-11(17)10-5-6-16(10)8-3-2-4-9(7-8)19-12(13,14)15/h2-4,7,10H,5-6H2,1H3. The van der Waals surface area contributed by atoms with Crippen LogP contribution in [0.3, 0.4) is 0 Å². The van der Waals surface area contributed by atoms with Gasteiger partial charge in [-0.2, -0.15) is 0 Å². The van der Waals surface area contributed by atoms with Gasteiger partial charge >= 0.3 is 12.3 Å². The summed E-state index contributed by atoms with van der Waals surface area (Å²) in [6.45, 7) is 0.592. The van der Waals surface area contributed by atoms with E-state index in [0.29, 0.717) is 18.7 Å². The summed E-state index contributed by atoms with van der Waals surface area (Å²) in [5, 5.41) is 0. The second kappa shape index (κ2) is 4.99. The summed E-state index contributed by atoms with van der Waals surface area (Å²) >= 11 is 0. The van der Waals surface area contributed by atoms with E-state index in [-0.39, 0.29) is 5.75 Å². The lowest BCUT2D eigenvalue weighted by Gasteiger charge is -2.40. The minimum absolute atomic E-state index is 0.305. The number of rotatable bonds is 3. The Hall–Kier alpha value is -1.92. The number of benzene rings is 1. The van der Waals surface area contributed by atoms with E-state index < -0.39 is 18.4 Å². The molecule has 2 rings (SSSR count). The van der Waals surface area contributed by atoms with Crippen molar-refractivity contribution in [2.24, 2.45) is 0 Å². The van der Waals surface area contributed by atoms with Gasteiger partial charge < -0.3 is 14.4 Å². The SMILES string of the molecule is COC(=O)C1CCN1c1cccc(OC(F)(F)F)c1. The molecule has 0 N–H and O–H groups in total. The molecule has 1 heterocycles. The van der Waals surface area contributed by atoms with E-state index in [1.165, 1.54) is 25.3 Å². The van der Waals surface area contributed by atoms with Crippen LogP contribution in [0.1, 0.15) is 6.42 Å². The number of carbonyl (C=O) groups is 1. The Morgan fingerprint density at radius 1 is 1.42 bits per heavy atom. The number of hydrogen-bond acceptors (Lipinski definition) is 4. The number of alkyl halides is 3. The average Bonchev–Trinajstić information content (AvgIpc) is 2.25. The van der Waals surface area contributed by atoms with E-state index in [1.54, 1.807) is 11.0 Å². The fraction of sp³-hybridized carbons (Fsp3) is 0.417. The molecule has 0 aliphatic carbocycles. The predicted octanol–water partition coefficient (Wildman–Crippen LogP) is 2.34. The summed E-state index contributed by atoms with van der Waals surface area (Å²) in [5.41, 5.74) is 0.503. The zero-order valence-corrected chi connectivity index (χ0v) is 10.1. The molecule has 1 saturated heterocycles. The molecule has 0 aromatic heterocycles. The van der Waals surface area contributed by atoms with E-state index in [0.717, 1.165) is 0 Å². The van der Waals surface area contributed by atoms with Gasteiger partial charge in [0.25, 0.3) is 0 Å². The van der Waals surface area contributed by atoms with Crippen molar-refractivity contribution in [2.45, 2.75) is 18.8 Å². The molecule has 1 aromatic carbocycles. The van der Waals surface area contributed by atoms with Crippen LogP contribution in [0.5, 0.6) is 5.75 Å². The average molecular weight is 275 g/mol. The molecule has 104 valence electrons. The molecule has 0 amide bonds. The van der Waals surface area contributed by atoms with Gasteiger partial charge in [0.2, 0.25) is 0 Å². The third-order valence-electron chi connectivity index (χ3n) is 2.88. The second-order valence-corrected chi connectivity index (χ2v) is 4.07. The van der Waals surface area contributed by atoms with E-state index in [2.05, 4.69) is 9.47 Å². The highest BCUT2D eigenvalue weighted by Gasteiger charge is 2.36. The summed E-state index contributed by atoms with van der Waals surface area (Å²) in [5.74, 6) is -0.700. The Balaban J connectivity index is 2.13. The molecular weight excluding hydrogens is 263 g/mol. The van der Waals surface area contributed by atoms with Crippen molar-refractivity contribution in [3.63, 3.8) is 0 Å². The number of esters is 1. The molecule has 1 fully saturated rings. The summed E-state index contributed by atoms with van der Waals surface area (Å²) in [6, 6.07) is 5.10. The highest BCUT2D eigenvalue weighted by molar-refractivity contribution is 5.82. The molecule has 7 heteroatoms. The summed E-state index contributed by atoms with van der Waals surface area (Å²) < 4.78 is 44.8. The van der Waals surface area contributed by atoms with Crippen LogP contribution in [0.4, 0.5) is 18.9 Å². The van der Waals surface area contributed by atoms with E-state index in [1.807, 2.05) is 0 Å². The highest BCUT2D eigenvalue weighted by Crippen LogP contribution is 2.31. The molecule has 1 aliphatic heterocycles. The van der Waals surface area contributed by atoms with Crippen LogP contribution in [-0.2, 0) is 9.53 Å². The second-order valence-electron chi connectivity index (χ2n) is 4.07. The van der Waals surface area contributed by atoms with Crippen LogP contribution >= 0.6 is 0 Å².